The first kappa shape index (κ1) is 14.1. The quantitative estimate of drug-likeness (QED) is 0.898. The Morgan fingerprint density at radius 1 is 1.15 bits per heavy atom. The van der Waals surface area contributed by atoms with Crippen molar-refractivity contribution in [1.29, 1.82) is 0 Å². The van der Waals surface area contributed by atoms with Crippen LogP contribution in [0.25, 0.3) is 0 Å². The van der Waals surface area contributed by atoms with E-state index in [1.54, 1.807) is 25.2 Å². The summed E-state index contributed by atoms with van der Waals surface area (Å²) in [6, 6.07) is 12.0. The van der Waals surface area contributed by atoms with E-state index in [9.17, 15) is 9.18 Å². The number of benzene rings is 2. The molecule has 2 aromatic carbocycles. The molecule has 2 aromatic rings. The topological polar surface area (TPSA) is 41.1 Å². The Hall–Kier alpha value is -2.36. The normalized spacial score (nSPS) is 10.2. The molecule has 0 aliphatic carbocycles. The van der Waals surface area contributed by atoms with Crippen molar-refractivity contribution in [1.82, 2.24) is 5.32 Å². The van der Waals surface area contributed by atoms with E-state index in [4.69, 9.17) is 0 Å². The highest BCUT2D eigenvalue weighted by Gasteiger charge is 2.03. The van der Waals surface area contributed by atoms with Crippen LogP contribution in [0, 0.1) is 12.7 Å². The van der Waals surface area contributed by atoms with E-state index >= 15 is 0 Å². The molecule has 4 heteroatoms. The van der Waals surface area contributed by atoms with Crippen LogP contribution in [0.2, 0.25) is 0 Å². The second-order valence-electron chi connectivity index (χ2n) is 4.59. The third kappa shape index (κ3) is 3.35. The molecule has 0 aliphatic heterocycles. The Kier molecular flexibility index (Phi) is 4.35. The van der Waals surface area contributed by atoms with Crippen molar-refractivity contribution in [2.45, 2.75) is 13.5 Å². The van der Waals surface area contributed by atoms with Crippen molar-refractivity contribution in [3.63, 3.8) is 0 Å². The summed E-state index contributed by atoms with van der Waals surface area (Å²) < 4.78 is 13.2. The zero-order valence-corrected chi connectivity index (χ0v) is 11.5. The number of hydrogen-bond acceptors (Lipinski definition) is 2. The third-order valence-electron chi connectivity index (χ3n) is 3.13. The Morgan fingerprint density at radius 3 is 2.50 bits per heavy atom. The zero-order valence-electron chi connectivity index (χ0n) is 11.5. The van der Waals surface area contributed by atoms with Crippen molar-refractivity contribution in [3.8, 4) is 0 Å². The van der Waals surface area contributed by atoms with Crippen LogP contribution in [0.3, 0.4) is 0 Å². The number of carbonyl (C=O) groups excluding carboxylic acids is 1. The maximum absolute atomic E-state index is 13.2. The summed E-state index contributed by atoms with van der Waals surface area (Å²) in [7, 11) is 1.60. The Labute approximate surface area is 117 Å². The van der Waals surface area contributed by atoms with Gasteiger partial charge in [0.25, 0.3) is 5.91 Å². The molecule has 20 heavy (non-hydrogen) atoms. The van der Waals surface area contributed by atoms with Crippen LogP contribution in [-0.2, 0) is 6.54 Å². The van der Waals surface area contributed by atoms with E-state index < -0.39 is 0 Å². The first-order valence-corrected chi connectivity index (χ1v) is 6.41. The average molecular weight is 272 g/mol. The molecule has 0 bridgehead atoms. The number of halogens is 1. The minimum atomic E-state index is -0.256. The number of hydrogen-bond donors (Lipinski definition) is 2. The van der Waals surface area contributed by atoms with Gasteiger partial charge in [0, 0.05) is 24.8 Å². The van der Waals surface area contributed by atoms with Crippen LogP contribution in [0.15, 0.2) is 42.5 Å². The van der Waals surface area contributed by atoms with Gasteiger partial charge < -0.3 is 10.6 Å². The molecular formula is C16H17FN2O. The van der Waals surface area contributed by atoms with Gasteiger partial charge >= 0.3 is 0 Å². The number of aryl methyl sites for hydroxylation is 1. The predicted octanol–water partition coefficient (Wildman–Crippen LogP) is 3.11. The molecule has 2 rings (SSSR count). The van der Waals surface area contributed by atoms with Crippen LogP contribution in [0.4, 0.5) is 10.1 Å². The third-order valence-corrected chi connectivity index (χ3v) is 3.13. The summed E-state index contributed by atoms with van der Waals surface area (Å²) >= 11 is 0. The van der Waals surface area contributed by atoms with Crippen molar-refractivity contribution in [2.24, 2.45) is 0 Å². The fourth-order valence-electron chi connectivity index (χ4n) is 1.90. The van der Waals surface area contributed by atoms with E-state index in [0.29, 0.717) is 12.1 Å². The molecule has 0 radical (unpaired) electrons. The summed E-state index contributed by atoms with van der Waals surface area (Å²) in [4.78, 5) is 11.4. The van der Waals surface area contributed by atoms with E-state index in [1.807, 2.05) is 19.1 Å². The molecule has 0 unspecified atom stereocenters. The Balaban J connectivity index is 2.04. The van der Waals surface area contributed by atoms with E-state index in [0.717, 1.165) is 16.8 Å². The Bertz CT molecular complexity index is 608. The maximum atomic E-state index is 13.2. The zero-order chi connectivity index (χ0) is 14.5. The molecule has 0 spiro atoms. The van der Waals surface area contributed by atoms with E-state index in [2.05, 4.69) is 10.6 Å². The minimum absolute atomic E-state index is 0.106. The number of rotatable bonds is 4. The van der Waals surface area contributed by atoms with Crippen LogP contribution in [0.5, 0.6) is 0 Å². The fraction of sp³-hybridized carbons (Fsp3) is 0.188. The molecule has 0 heterocycles. The smallest absolute Gasteiger partial charge is 0.251 e. The van der Waals surface area contributed by atoms with Gasteiger partial charge in [-0.05, 0) is 42.3 Å². The standard InChI is InChI=1S/C16H17FN2O/c1-11-3-8-14(17)9-15(11)19-10-12-4-6-13(7-5-12)16(20)18-2/h3-9,19H,10H2,1-2H3,(H,18,20). The molecule has 2 N–H and O–H groups in total. The average Bonchev–Trinajstić information content (AvgIpc) is 2.48. The summed E-state index contributed by atoms with van der Waals surface area (Å²) in [5.41, 5.74) is 3.42. The molecule has 0 aromatic heterocycles. The molecule has 0 aliphatic rings. The van der Waals surface area contributed by atoms with Gasteiger partial charge in [0.2, 0.25) is 0 Å². The highest BCUT2D eigenvalue weighted by atomic mass is 19.1. The lowest BCUT2D eigenvalue weighted by Gasteiger charge is -2.10. The van der Waals surface area contributed by atoms with Gasteiger partial charge in [-0.25, -0.2) is 4.39 Å². The predicted molar refractivity (Wildman–Crippen MR) is 78.3 cm³/mol. The van der Waals surface area contributed by atoms with Gasteiger partial charge in [0.05, 0.1) is 0 Å². The van der Waals surface area contributed by atoms with Crippen LogP contribution >= 0.6 is 0 Å². The van der Waals surface area contributed by atoms with Gasteiger partial charge in [0.1, 0.15) is 5.82 Å². The summed E-state index contributed by atoms with van der Waals surface area (Å²) in [5, 5.41) is 5.77. The van der Waals surface area contributed by atoms with Crippen molar-refractivity contribution in [2.75, 3.05) is 12.4 Å². The van der Waals surface area contributed by atoms with Crippen molar-refractivity contribution < 1.29 is 9.18 Å². The number of nitrogens with one attached hydrogen (secondary N) is 2. The molecular weight excluding hydrogens is 255 g/mol. The largest absolute Gasteiger partial charge is 0.381 e. The van der Waals surface area contributed by atoms with Crippen molar-refractivity contribution >= 4 is 11.6 Å². The Morgan fingerprint density at radius 2 is 1.85 bits per heavy atom. The lowest BCUT2D eigenvalue weighted by atomic mass is 10.1. The van der Waals surface area contributed by atoms with Gasteiger partial charge in [-0.2, -0.15) is 0 Å². The lowest BCUT2D eigenvalue weighted by molar-refractivity contribution is 0.0963. The van der Waals surface area contributed by atoms with E-state index in [-0.39, 0.29) is 11.7 Å². The molecule has 104 valence electrons. The molecule has 1 amide bonds. The van der Waals surface area contributed by atoms with Crippen LogP contribution in [-0.4, -0.2) is 13.0 Å². The molecule has 0 saturated carbocycles. The van der Waals surface area contributed by atoms with E-state index in [1.165, 1.54) is 12.1 Å². The SMILES string of the molecule is CNC(=O)c1ccc(CNc2cc(F)ccc2C)cc1. The van der Waals surface area contributed by atoms with Crippen molar-refractivity contribution in [3.05, 3.63) is 65.0 Å². The van der Waals surface area contributed by atoms with Gasteiger partial charge in [-0.15, -0.1) is 0 Å². The molecule has 0 atom stereocenters. The molecule has 0 saturated heterocycles. The number of amides is 1. The fourth-order valence-corrected chi connectivity index (χ4v) is 1.90. The lowest BCUT2D eigenvalue weighted by Crippen LogP contribution is -2.17. The summed E-state index contributed by atoms with van der Waals surface area (Å²) in [6.07, 6.45) is 0. The van der Waals surface area contributed by atoms with Gasteiger partial charge in [-0.3, -0.25) is 4.79 Å². The van der Waals surface area contributed by atoms with Gasteiger partial charge in [0.15, 0.2) is 0 Å². The summed E-state index contributed by atoms with van der Waals surface area (Å²) in [5.74, 6) is -0.362. The minimum Gasteiger partial charge on any atom is -0.381 e. The maximum Gasteiger partial charge on any atom is 0.251 e. The number of anilines is 1. The summed E-state index contributed by atoms with van der Waals surface area (Å²) in [6.45, 7) is 2.51. The highest BCUT2D eigenvalue weighted by molar-refractivity contribution is 5.93. The number of carbonyl (C=O) groups is 1. The first-order valence-electron chi connectivity index (χ1n) is 6.41. The monoisotopic (exact) mass is 272 g/mol. The second-order valence-corrected chi connectivity index (χ2v) is 4.59. The second kappa shape index (κ2) is 6.19. The van der Waals surface area contributed by atoms with Crippen LogP contribution < -0.4 is 10.6 Å². The van der Waals surface area contributed by atoms with Crippen LogP contribution in [0.1, 0.15) is 21.5 Å². The first-order chi connectivity index (χ1) is 9.60. The molecule has 3 nitrogen and oxygen atoms in total. The highest BCUT2D eigenvalue weighted by Crippen LogP contribution is 2.17. The van der Waals surface area contributed by atoms with Gasteiger partial charge in [-0.1, -0.05) is 18.2 Å². The molecule has 0 fully saturated rings.